The third-order valence-corrected chi connectivity index (χ3v) is 4.07. The summed E-state index contributed by atoms with van der Waals surface area (Å²) in [5.74, 6) is 1.38. The predicted molar refractivity (Wildman–Crippen MR) is 83.8 cm³/mol. The molecule has 1 aliphatic rings. The minimum atomic E-state index is -0.209. The number of ether oxygens (including phenoxy) is 2. The second kappa shape index (κ2) is 6.36. The van der Waals surface area contributed by atoms with Crippen LogP contribution in [0.1, 0.15) is 18.5 Å². The van der Waals surface area contributed by atoms with Gasteiger partial charge in [0.25, 0.3) is 0 Å². The normalized spacial score (nSPS) is 18.3. The molecule has 2 unspecified atom stereocenters. The zero-order valence-electron chi connectivity index (χ0n) is 12.8. The van der Waals surface area contributed by atoms with Crippen LogP contribution in [0.2, 0.25) is 0 Å². The van der Waals surface area contributed by atoms with Crippen LogP contribution in [0.3, 0.4) is 0 Å². The molecule has 3 nitrogen and oxygen atoms in total. The number of para-hydroxylation sites is 2. The van der Waals surface area contributed by atoms with Crippen molar-refractivity contribution in [2.75, 3.05) is 20.2 Å². The zero-order valence-corrected chi connectivity index (χ0v) is 12.8. The molecule has 0 spiro atoms. The maximum Gasteiger partial charge on any atom is 0.161 e. The lowest BCUT2D eigenvalue weighted by molar-refractivity contribution is 0.0563. The van der Waals surface area contributed by atoms with E-state index >= 15 is 0 Å². The summed E-state index contributed by atoms with van der Waals surface area (Å²) in [6.07, 6.45) is -0.0113. The van der Waals surface area contributed by atoms with Crippen molar-refractivity contribution in [2.24, 2.45) is 0 Å². The fourth-order valence-electron chi connectivity index (χ4n) is 2.63. The molecule has 0 saturated carbocycles. The van der Waals surface area contributed by atoms with Gasteiger partial charge in [0.05, 0.1) is 0 Å². The molecule has 2 aromatic carbocycles. The first kappa shape index (κ1) is 14.9. The smallest absolute Gasteiger partial charge is 0.161 e. The summed E-state index contributed by atoms with van der Waals surface area (Å²) in [6, 6.07) is 14.5. The number of hydrogen-bond donors (Lipinski definition) is 0. The Morgan fingerprint density at radius 1 is 1.14 bits per heavy atom. The second-order valence-corrected chi connectivity index (χ2v) is 5.66. The van der Waals surface area contributed by atoms with Crippen LogP contribution in [0.25, 0.3) is 0 Å². The van der Waals surface area contributed by atoms with Gasteiger partial charge in [0.2, 0.25) is 0 Å². The Balaban J connectivity index is 1.62. The molecule has 2 atom stereocenters. The minimum Gasteiger partial charge on any atom is -0.486 e. The van der Waals surface area contributed by atoms with Crippen molar-refractivity contribution >= 4 is 0 Å². The van der Waals surface area contributed by atoms with Crippen LogP contribution in [0, 0.1) is 5.82 Å². The monoisotopic (exact) mass is 301 g/mol. The van der Waals surface area contributed by atoms with E-state index in [0.717, 1.165) is 23.6 Å². The summed E-state index contributed by atoms with van der Waals surface area (Å²) < 4.78 is 24.7. The van der Waals surface area contributed by atoms with Gasteiger partial charge in [0, 0.05) is 12.6 Å². The highest BCUT2D eigenvalue weighted by Gasteiger charge is 2.23. The third kappa shape index (κ3) is 3.22. The molecule has 2 aromatic rings. The molecule has 0 bridgehead atoms. The summed E-state index contributed by atoms with van der Waals surface area (Å²) in [5.41, 5.74) is 1.08. The number of halogens is 1. The number of fused-ring (bicyclic) bond motifs is 1. The predicted octanol–water partition coefficient (Wildman–Crippen LogP) is 3.66. The molecule has 0 aromatic heterocycles. The first-order valence-corrected chi connectivity index (χ1v) is 7.47. The highest BCUT2D eigenvalue weighted by molar-refractivity contribution is 5.40. The van der Waals surface area contributed by atoms with Gasteiger partial charge in [-0.05, 0) is 43.8 Å². The average Bonchev–Trinajstić information content (AvgIpc) is 2.55. The lowest BCUT2D eigenvalue weighted by atomic mass is 10.1. The first-order chi connectivity index (χ1) is 10.6. The van der Waals surface area contributed by atoms with Crippen molar-refractivity contribution in [3.63, 3.8) is 0 Å². The van der Waals surface area contributed by atoms with E-state index in [0.29, 0.717) is 6.61 Å². The average molecular weight is 301 g/mol. The standard InChI is InChI=1S/C18H20FNO2/c1-13(14-7-9-15(19)10-8-14)20(2)11-16-12-21-17-5-3-4-6-18(17)22-16/h3-10,13,16H,11-12H2,1-2H3. The van der Waals surface area contributed by atoms with E-state index in [1.165, 1.54) is 12.1 Å². The molecule has 0 aliphatic carbocycles. The van der Waals surface area contributed by atoms with Crippen LogP contribution >= 0.6 is 0 Å². The zero-order chi connectivity index (χ0) is 15.5. The maximum absolute atomic E-state index is 13.0. The molecular formula is C18H20FNO2. The van der Waals surface area contributed by atoms with E-state index in [1.54, 1.807) is 0 Å². The summed E-state index contributed by atoms with van der Waals surface area (Å²) in [6.45, 7) is 3.38. The van der Waals surface area contributed by atoms with Gasteiger partial charge in [-0.15, -0.1) is 0 Å². The van der Waals surface area contributed by atoms with Gasteiger partial charge in [0.1, 0.15) is 18.5 Å². The SMILES string of the molecule is CC(c1ccc(F)cc1)N(C)CC1COc2ccccc2O1. The molecule has 1 aliphatic heterocycles. The third-order valence-electron chi connectivity index (χ3n) is 4.07. The molecule has 3 rings (SSSR count). The number of likely N-dealkylation sites (N-methyl/N-ethyl adjacent to an activating group) is 1. The van der Waals surface area contributed by atoms with Crippen molar-refractivity contribution in [1.82, 2.24) is 4.90 Å². The molecule has 1 heterocycles. The molecule has 22 heavy (non-hydrogen) atoms. The van der Waals surface area contributed by atoms with Crippen LogP contribution in [0.5, 0.6) is 11.5 Å². The van der Waals surface area contributed by atoms with Crippen molar-refractivity contribution < 1.29 is 13.9 Å². The quantitative estimate of drug-likeness (QED) is 0.860. The van der Waals surface area contributed by atoms with E-state index in [9.17, 15) is 4.39 Å². The van der Waals surface area contributed by atoms with E-state index in [4.69, 9.17) is 9.47 Å². The van der Waals surface area contributed by atoms with Gasteiger partial charge in [0.15, 0.2) is 11.5 Å². The van der Waals surface area contributed by atoms with Crippen molar-refractivity contribution in [1.29, 1.82) is 0 Å². The first-order valence-electron chi connectivity index (χ1n) is 7.47. The molecule has 116 valence electrons. The highest BCUT2D eigenvalue weighted by Crippen LogP contribution is 2.31. The van der Waals surface area contributed by atoms with E-state index in [1.807, 2.05) is 43.4 Å². The molecule has 0 N–H and O–H groups in total. The fraction of sp³-hybridized carbons (Fsp3) is 0.333. The van der Waals surface area contributed by atoms with Gasteiger partial charge in [-0.3, -0.25) is 4.90 Å². The van der Waals surface area contributed by atoms with Crippen LogP contribution in [0.4, 0.5) is 4.39 Å². The number of hydrogen-bond acceptors (Lipinski definition) is 3. The second-order valence-electron chi connectivity index (χ2n) is 5.66. The molecule has 0 radical (unpaired) electrons. The summed E-state index contributed by atoms with van der Waals surface area (Å²) >= 11 is 0. The maximum atomic E-state index is 13.0. The van der Waals surface area contributed by atoms with E-state index in [-0.39, 0.29) is 18.0 Å². The fourth-order valence-corrected chi connectivity index (χ4v) is 2.63. The Bertz CT molecular complexity index is 629. The lowest BCUT2D eigenvalue weighted by Gasteiger charge is -2.32. The Morgan fingerprint density at radius 3 is 2.55 bits per heavy atom. The minimum absolute atomic E-state index is 0.0113. The van der Waals surface area contributed by atoms with Gasteiger partial charge in [-0.25, -0.2) is 4.39 Å². The van der Waals surface area contributed by atoms with Gasteiger partial charge in [-0.2, -0.15) is 0 Å². The molecule has 0 saturated heterocycles. The van der Waals surface area contributed by atoms with E-state index < -0.39 is 0 Å². The van der Waals surface area contributed by atoms with Crippen LogP contribution in [-0.2, 0) is 0 Å². The Labute approximate surface area is 130 Å². The van der Waals surface area contributed by atoms with Crippen molar-refractivity contribution in [3.05, 3.63) is 59.9 Å². The van der Waals surface area contributed by atoms with E-state index in [2.05, 4.69) is 11.8 Å². The van der Waals surface area contributed by atoms with Gasteiger partial charge in [-0.1, -0.05) is 24.3 Å². The lowest BCUT2D eigenvalue weighted by Crippen LogP contribution is -2.40. The summed E-state index contributed by atoms with van der Waals surface area (Å²) in [7, 11) is 2.04. The summed E-state index contributed by atoms with van der Waals surface area (Å²) in [4.78, 5) is 2.19. The molecular weight excluding hydrogens is 281 g/mol. The largest absolute Gasteiger partial charge is 0.486 e. The molecule has 4 heteroatoms. The van der Waals surface area contributed by atoms with Gasteiger partial charge < -0.3 is 9.47 Å². The number of nitrogens with zero attached hydrogens (tertiary/aromatic N) is 1. The topological polar surface area (TPSA) is 21.7 Å². The van der Waals surface area contributed by atoms with Gasteiger partial charge >= 0.3 is 0 Å². The van der Waals surface area contributed by atoms with Crippen LogP contribution in [-0.4, -0.2) is 31.2 Å². The molecule has 0 fully saturated rings. The Morgan fingerprint density at radius 2 is 1.82 bits per heavy atom. The number of rotatable bonds is 4. The van der Waals surface area contributed by atoms with Crippen LogP contribution < -0.4 is 9.47 Å². The van der Waals surface area contributed by atoms with Crippen LogP contribution in [0.15, 0.2) is 48.5 Å². The summed E-state index contributed by atoms with van der Waals surface area (Å²) in [5, 5.41) is 0. The van der Waals surface area contributed by atoms with Crippen molar-refractivity contribution in [2.45, 2.75) is 19.1 Å². The molecule has 0 amide bonds. The highest BCUT2D eigenvalue weighted by atomic mass is 19.1. The number of benzene rings is 2. The van der Waals surface area contributed by atoms with Crippen molar-refractivity contribution in [3.8, 4) is 11.5 Å². The Hall–Kier alpha value is -2.07. The Kier molecular flexibility index (Phi) is 4.29.